The van der Waals surface area contributed by atoms with Crippen molar-refractivity contribution in [3.8, 4) is 11.8 Å². The molecule has 0 amide bonds. The normalized spacial score (nSPS) is 22.3. The van der Waals surface area contributed by atoms with Gasteiger partial charge in [-0.25, -0.2) is 4.98 Å². The van der Waals surface area contributed by atoms with Crippen molar-refractivity contribution in [2.24, 2.45) is 0 Å². The molecule has 0 spiro atoms. The molecule has 2 aromatic heterocycles. The Labute approximate surface area is 214 Å². The summed E-state index contributed by atoms with van der Waals surface area (Å²) >= 11 is 0. The van der Waals surface area contributed by atoms with Crippen molar-refractivity contribution in [2.75, 3.05) is 29.5 Å². The summed E-state index contributed by atoms with van der Waals surface area (Å²) in [5.41, 5.74) is 1.88. The van der Waals surface area contributed by atoms with E-state index in [1.165, 1.54) is 18.3 Å². The average molecular weight is 531 g/mol. The molecule has 0 aliphatic carbocycles. The lowest BCUT2D eigenvalue weighted by atomic mass is 10.2. The van der Waals surface area contributed by atoms with Crippen LogP contribution >= 0.6 is 0 Å². The number of hydrogen-bond donors (Lipinski definition) is 1. The van der Waals surface area contributed by atoms with Crippen LogP contribution in [0.4, 0.5) is 30.5 Å². The molecule has 200 valence electrons. The number of nitrogens with one attached hydrogen (secondary N) is 1. The molecule has 2 saturated heterocycles. The van der Waals surface area contributed by atoms with Crippen LogP contribution in [0.15, 0.2) is 48.8 Å². The number of rotatable bonds is 7. The smallest absolute Gasteiger partial charge is 0.444 e. The minimum absolute atomic E-state index is 0.0228. The lowest BCUT2D eigenvalue weighted by Crippen LogP contribution is -2.46. The van der Waals surface area contributed by atoms with Gasteiger partial charge in [0.1, 0.15) is 24.4 Å². The van der Waals surface area contributed by atoms with E-state index >= 15 is 0 Å². The molecule has 1 aromatic carbocycles. The third-order valence-electron chi connectivity index (χ3n) is 7.09. The molecule has 3 aliphatic heterocycles. The quantitative estimate of drug-likeness (QED) is 0.363. The molecule has 38 heavy (non-hydrogen) atoms. The highest BCUT2D eigenvalue weighted by atomic mass is 19.4. The molecule has 3 atom stereocenters. The summed E-state index contributed by atoms with van der Waals surface area (Å²) in [6.07, 6.45) is -0.528. The minimum atomic E-state index is -4.70. The van der Waals surface area contributed by atoms with Crippen LogP contribution in [0.1, 0.15) is 12.0 Å². The zero-order valence-electron chi connectivity index (χ0n) is 20.0. The van der Waals surface area contributed by atoms with Crippen LogP contribution in [0.5, 0.6) is 11.8 Å². The second-order valence-corrected chi connectivity index (χ2v) is 9.59. The standard InChI is InChI=1S/C24H24F3N7O4/c25-24(26,27)38-20-4-2-17(3-5-20)32-11-19-7-18(32)12-33(19)21-6-1-15(9-29-21)8-28-16-10-31-13-22(34(35)36)30-23(31)37-14-16/h1-6,9,13,16,18-19,28H,7-8,10-12,14H2. The van der Waals surface area contributed by atoms with Crippen molar-refractivity contribution in [2.45, 2.75) is 44.0 Å². The molecule has 2 bridgehead atoms. The first-order valence-electron chi connectivity index (χ1n) is 12.1. The highest BCUT2D eigenvalue weighted by Gasteiger charge is 2.44. The first kappa shape index (κ1) is 24.3. The molecule has 0 radical (unpaired) electrons. The van der Waals surface area contributed by atoms with Crippen LogP contribution in [-0.4, -0.2) is 63.6 Å². The third kappa shape index (κ3) is 4.90. The molecule has 6 rings (SSSR count). The summed E-state index contributed by atoms with van der Waals surface area (Å²) in [6, 6.07) is 10.8. The number of ether oxygens (including phenoxy) is 2. The van der Waals surface area contributed by atoms with Gasteiger partial charge < -0.3 is 34.7 Å². The van der Waals surface area contributed by atoms with Crippen molar-refractivity contribution in [1.29, 1.82) is 0 Å². The van der Waals surface area contributed by atoms with Gasteiger partial charge in [-0.05, 0) is 47.2 Å². The fourth-order valence-electron chi connectivity index (χ4n) is 5.36. The van der Waals surface area contributed by atoms with Crippen LogP contribution in [-0.2, 0) is 13.1 Å². The number of pyridine rings is 1. The van der Waals surface area contributed by atoms with E-state index in [1.54, 1.807) is 16.7 Å². The maximum absolute atomic E-state index is 12.4. The van der Waals surface area contributed by atoms with Gasteiger partial charge in [-0.2, -0.15) is 0 Å². The largest absolute Gasteiger partial charge is 0.573 e. The Balaban J connectivity index is 1.01. The van der Waals surface area contributed by atoms with E-state index in [0.717, 1.165) is 36.6 Å². The zero-order valence-corrected chi connectivity index (χ0v) is 20.0. The van der Waals surface area contributed by atoms with Gasteiger partial charge in [0.15, 0.2) is 0 Å². The fraction of sp³-hybridized carbons (Fsp3) is 0.417. The summed E-state index contributed by atoms with van der Waals surface area (Å²) in [5.74, 6) is 0.441. The molecule has 14 heteroatoms. The van der Waals surface area contributed by atoms with E-state index in [4.69, 9.17) is 4.74 Å². The number of hydrogen-bond acceptors (Lipinski definition) is 9. The molecule has 1 N–H and O–H groups in total. The summed E-state index contributed by atoms with van der Waals surface area (Å²) < 4.78 is 48.4. The number of benzene rings is 1. The molecule has 11 nitrogen and oxygen atoms in total. The topological polar surface area (TPSA) is 111 Å². The average Bonchev–Trinajstić information content (AvgIpc) is 3.61. The Bertz CT molecular complexity index is 1320. The minimum Gasteiger partial charge on any atom is -0.444 e. The van der Waals surface area contributed by atoms with Crippen LogP contribution < -0.4 is 24.6 Å². The van der Waals surface area contributed by atoms with Crippen LogP contribution in [0.2, 0.25) is 0 Å². The van der Waals surface area contributed by atoms with Gasteiger partial charge in [-0.15, -0.1) is 13.2 Å². The molecular formula is C24H24F3N7O4. The fourth-order valence-corrected chi connectivity index (χ4v) is 5.36. The Morgan fingerprint density at radius 3 is 2.53 bits per heavy atom. The second-order valence-electron chi connectivity index (χ2n) is 9.59. The van der Waals surface area contributed by atoms with Crippen molar-refractivity contribution < 1.29 is 27.6 Å². The molecular weight excluding hydrogens is 507 g/mol. The SMILES string of the molecule is O=[N+]([O-])c1cn2c(n1)OCC(NCc1ccc(N3CC4CC3CN4c3ccc(OC(F)(F)F)cc3)nc1)C2. The number of piperazine rings is 1. The molecule has 0 saturated carbocycles. The monoisotopic (exact) mass is 531 g/mol. The number of aromatic nitrogens is 3. The van der Waals surface area contributed by atoms with Crippen molar-refractivity contribution >= 4 is 17.3 Å². The number of imidazole rings is 1. The van der Waals surface area contributed by atoms with Gasteiger partial charge in [0.2, 0.25) is 0 Å². The molecule has 3 aliphatic rings. The molecule has 3 aromatic rings. The third-order valence-corrected chi connectivity index (χ3v) is 7.09. The van der Waals surface area contributed by atoms with Gasteiger partial charge >= 0.3 is 18.2 Å². The number of anilines is 2. The van der Waals surface area contributed by atoms with Crippen LogP contribution in [0.25, 0.3) is 0 Å². The first-order valence-corrected chi connectivity index (χ1v) is 12.1. The predicted octanol–water partition coefficient (Wildman–Crippen LogP) is 3.10. The van der Waals surface area contributed by atoms with Gasteiger partial charge in [0.05, 0.1) is 12.1 Å². The van der Waals surface area contributed by atoms with E-state index in [-0.39, 0.29) is 35.7 Å². The van der Waals surface area contributed by atoms with E-state index in [1.807, 2.05) is 18.3 Å². The lowest BCUT2D eigenvalue weighted by Gasteiger charge is -2.36. The van der Waals surface area contributed by atoms with Gasteiger partial charge in [0, 0.05) is 49.1 Å². The van der Waals surface area contributed by atoms with Crippen molar-refractivity contribution in [1.82, 2.24) is 19.9 Å². The second kappa shape index (κ2) is 9.35. The van der Waals surface area contributed by atoms with Crippen molar-refractivity contribution in [3.05, 3.63) is 64.5 Å². The summed E-state index contributed by atoms with van der Waals surface area (Å²) in [7, 11) is 0. The van der Waals surface area contributed by atoms with E-state index in [0.29, 0.717) is 19.7 Å². The zero-order chi connectivity index (χ0) is 26.4. The maximum Gasteiger partial charge on any atom is 0.573 e. The van der Waals surface area contributed by atoms with Gasteiger partial charge in [-0.1, -0.05) is 6.07 Å². The van der Waals surface area contributed by atoms with Gasteiger partial charge in [-0.3, -0.25) is 4.57 Å². The molecule has 3 unspecified atom stereocenters. The number of alkyl halides is 3. The Morgan fingerprint density at radius 1 is 1.11 bits per heavy atom. The number of nitrogens with zero attached hydrogens (tertiary/aromatic N) is 6. The van der Waals surface area contributed by atoms with Crippen LogP contribution in [0.3, 0.4) is 0 Å². The first-order chi connectivity index (χ1) is 18.2. The highest BCUT2D eigenvalue weighted by Crippen LogP contribution is 2.37. The van der Waals surface area contributed by atoms with Crippen molar-refractivity contribution in [3.63, 3.8) is 0 Å². The Kier molecular flexibility index (Phi) is 5.97. The highest BCUT2D eigenvalue weighted by molar-refractivity contribution is 5.56. The summed E-state index contributed by atoms with van der Waals surface area (Å²) in [5, 5.41) is 14.3. The van der Waals surface area contributed by atoms with E-state index < -0.39 is 11.3 Å². The number of fused-ring (bicyclic) bond motifs is 3. The number of nitro groups is 1. The lowest BCUT2D eigenvalue weighted by molar-refractivity contribution is -0.389. The predicted molar refractivity (Wildman–Crippen MR) is 129 cm³/mol. The van der Waals surface area contributed by atoms with Crippen LogP contribution in [0, 0.1) is 10.1 Å². The maximum atomic E-state index is 12.4. The molecule has 5 heterocycles. The summed E-state index contributed by atoms with van der Waals surface area (Å²) in [4.78, 5) is 23.4. The Morgan fingerprint density at radius 2 is 1.87 bits per heavy atom. The van der Waals surface area contributed by atoms with E-state index in [2.05, 4.69) is 29.8 Å². The van der Waals surface area contributed by atoms with Gasteiger partial charge in [0.25, 0.3) is 0 Å². The number of halogens is 3. The van der Waals surface area contributed by atoms with E-state index in [9.17, 15) is 23.3 Å². The molecule has 2 fully saturated rings. The Hall–Kier alpha value is -4.07. The summed E-state index contributed by atoms with van der Waals surface area (Å²) in [6.45, 7) is 3.01.